The minimum atomic E-state index is 0.274. The number of hydrogen-bond acceptors (Lipinski definition) is 4. The maximum Gasteiger partial charge on any atom is 0.146 e. The third-order valence-electron chi connectivity index (χ3n) is 4.42. The van der Waals surface area contributed by atoms with E-state index in [1.807, 2.05) is 12.1 Å². The van der Waals surface area contributed by atoms with Gasteiger partial charge in [0.25, 0.3) is 0 Å². The molecule has 1 aliphatic heterocycles. The fourth-order valence-corrected chi connectivity index (χ4v) is 3.47. The van der Waals surface area contributed by atoms with Crippen molar-refractivity contribution in [1.29, 1.82) is 0 Å². The van der Waals surface area contributed by atoms with Crippen LogP contribution in [0.15, 0.2) is 37.2 Å². The average molecular weight is 305 g/mol. The highest BCUT2D eigenvalue weighted by molar-refractivity contribution is 6.05. The molecular formula is C18H19N5. The average Bonchev–Trinajstić information content (AvgIpc) is 2.81. The zero-order valence-electron chi connectivity index (χ0n) is 13.3. The molecule has 0 atom stereocenters. The van der Waals surface area contributed by atoms with E-state index in [1.165, 1.54) is 12.0 Å². The van der Waals surface area contributed by atoms with E-state index < -0.39 is 0 Å². The minimum absolute atomic E-state index is 0.274. The lowest BCUT2D eigenvalue weighted by Gasteiger charge is -2.14. The van der Waals surface area contributed by atoms with Crippen molar-refractivity contribution in [3.05, 3.63) is 48.4 Å². The van der Waals surface area contributed by atoms with Crippen LogP contribution in [0.3, 0.4) is 0 Å². The van der Waals surface area contributed by atoms with E-state index in [1.54, 1.807) is 0 Å². The number of nitrogen functional groups attached to an aromatic ring is 1. The maximum absolute atomic E-state index is 6.23. The van der Waals surface area contributed by atoms with Crippen LogP contribution in [0.5, 0.6) is 0 Å². The fourth-order valence-electron chi connectivity index (χ4n) is 3.47. The largest absolute Gasteiger partial charge is 0.383 e. The molecule has 0 bridgehead atoms. The zero-order chi connectivity index (χ0) is 16.1. The monoisotopic (exact) mass is 305 g/mol. The van der Waals surface area contributed by atoms with Crippen LogP contribution in [0.1, 0.15) is 31.1 Å². The first-order valence-corrected chi connectivity index (χ1v) is 7.75. The molecule has 5 nitrogen and oxygen atoms in total. The van der Waals surface area contributed by atoms with E-state index in [2.05, 4.69) is 52.4 Å². The van der Waals surface area contributed by atoms with Crippen LogP contribution in [0.2, 0.25) is 0 Å². The molecule has 3 aromatic rings. The number of nitrogens with one attached hydrogen (secondary N) is 1. The van der Waals surface area contributed by atoms with Gasteiger partial charge in [-0.05, 0) is 19.4 Å². The number of fused-ring (bicyclic) bond motifs is 5. The van der Waals surface area contributed by atoms with Gasteiger partial charge in [-0.15, -0.1) is 0 Å². The number of benzene rings is 1. The van der Waals surface area contributed by atoms with Crippen LogP contribution < -0.4 is 11.1 Å². The Labute approximate surface area is 134 Å². The van der Waals surface area contributed by atoms with Crippen LogP contribution >= 0.6 is 0 Å². The van der Waals surface area contributed by atoms with Gasteiger partial charge in [0.1, 0.15) is 17.8 Å². The summed E-state index contributed by atoms with van der Waals surface area (Å²) in [6.45, 7) is 9.18. The Hall–Kier alpha value is -2.82. The van der Waals surface area contributed by atoms with Gasteiger partial charge in [-0.1, -0.05) is 30.8 Å². The van der Waals surface area contributed by atoms with Gasteiger partial charge in [0.2, 0.25) is 0 Å². The number of rotatable bonds is 1. The lowest BCUT2D eigenvalue weighted by molar-refractivity contribution is 0.584. The zero-order valence-corrected chi connectivity index (χ0v) is 13.3. The first-order valence-electron chi connectivity index (χ1n) is 7.75. The van der Waals surface area contributed by atoms with Gasteiger partial charge in [-0.25, -0.2) is 9.97 Å². The van der Waals surface area contributed by atoms with Crippen molar-refractivity contribution >= 4 is 22.5 Å². The topological polar surface area (TPSA) is 68.8 Å². The second kappa shape index (κ2) is 4.84. The summed E-state index contributed by atoms with van der Waals surface area (Å²) >= 11 is 0. The van der Waals surface area contributed by atoms with E-state index in [-0.39, 0.29) is 6.04 Å². The van der Waals surface area contributed by atoms with Gasteiger partial charge in [0.15, 0.2) is 0 Å². The van der Waals surface area contributed by atoms with Crippen molar-refractivity contribution in [2.45, 2.75) is 26.4 Å². The van der Waals surface area contributed by atoms with E-state index in [0.29, 0.717) is 12.4 Å². The Morgan fingerprint density at radius 3 is 2.70 bits per heavy atom. The van der Waals surface area contributed by atoms with E-state index >= 15 is 0 Å². The SMILES string of the molecule is C=C1NCc2c(c3c(N)ncnc3n2C(C)C)-c2ccccc21. The molecule has 3 N–H and O–H groups in total. The molecule has 5 heteroatoms. The van der Waals surface area contributed by atoms with Crippen molar-refractivity contribution in [3.63, 3.8) is 0 Å². The van der Waals surface area contributed by atoms with Crippen molar-refractivity contribution in [2.24, 2.45) is 0 Å². The van der Waals surface area contributed by atoms with Crippen molar-refractivity contribution in [1.82, 2.24) is 19.9 Å². The van der Waals surface area contributed by atoms with Gasteiger partial charge in [0, 0.05) is 28.6 Å². The highest BCUT2D eigenvalue weighted by atomic mass is 15.1. The first kappa shape index (κ1) is 13.8. The molecular weight excluding hydrogens is 286 g/mol. The first-order chi connectivity index (χ1) is 11.1. The predicted octanol–water partition coefficient (Wildman–Crippen LogP) is 3.34. The van der Waals surface area contributed by atoms with Crippen LogP contribution in [0.4, 0.5) is 5.82 Å². The van der Waals surface area contributed by atoms with Crippen LogP contribution in [0, 0.1) is 0 Å². The van der Waals surface area contributed by atoms with E-state index in [9.17, 15) is 0 Å². The van der Waals surface area contributed by atoms with Crippen LogP contribution in [-0.2, 0) is 6.54 Å². The second-order valence-electron chi connectivity index (χ2n) is 6.12. The van der Waals surface area contributed by atoms with Crippen LogP contribution in [0.25, 0.3) is 27.9 Å². The number of nitrogens with zero attached hydrogens (tertiary/aromatic N) is 3. The molecule has 1 aliphatic rings. The third kappa shape index (κ3) is 1.86. The molecule has 0 fully saturated rings. The summed E-state index contributed by atoms with van der Waals surface area (Å²) in [7, 11) is 0. The highest BCUT2D eigenvalue weighted by Gasteiger charge is 2.27. The Morgan fingerprint density at radius 1 is 1.22 bits per heavy atom. The summed E-state index contributed by atoms with van der Waals surface area (Å²) < 4.78 is 2.24. The molecule has 0 spiro atoms. The maximum atomic E-state index is 6.23. The van der Waals surface area contributed by atoms with Crippen molar-refractivity contribution < 1.29 is 0 Å². The molecule has 0 amide bonds. The fraction of sp³-hybridized carbons (Fsp3) is 0.222. The van der Waals surface area contributed by atoms with Crippen LogP contribution in [-0.4, -0.2) is 14.5 Å². The molecule has 23 heavy (non-hydrogen) atoms. The van der Waals surface area contributed by atoms with Gasteiger partial charge in [-0.2, -0.15) is 0 Å². The number of hydrogen-bond donors (Lipinski definition) is 2. The summed E-state index contributed by atoms with van der Waals surface area (Å²) in [5.74, 6) is 0.521. The Morgan fingerprint density at radius 2 is 1.96 bits per heavy atom. The highest BCUT2D eigenvalue weighted by Crippen LogP contribution is 2.42. The van der Waals surface area contributed by atoms with E-state index in [0.717, 1.165) is 33.4 Å². The summed E-state index contributed by atoms with van der Waals surface area (Å²) in [4.78, 5) is 8.73. The lowest BCUT2D eigenvalue weighted by atomic mass is 9.97. The molecule has 0 saturated heterocycles. The number of anilines is 1. The van der Waals surface area contributed by atoms with Gasteiger partial charge >= 0.3 is 0 Å². The minimum Gasteiger partial charge on any atom is -0.383 e. The molecule has 4 rings (SSSR count). The predicted molar refractivity (Wildman–Crippen MR) is 93.6 cm³/mol. The molecule has 0 aliphatic carbocycles. The van der Waals surface area contributed by atoms with Crippen molar-refractivity contribution in [2.75, 3.05) is 5.73 Å². The van der Waals surface area contributed by atoms with E-state index in [4.69, 9.17) is 5.73 Å². The second-order valence-corrected chi connectivity index (χ2v) is 6.12. The summed E-state index contributed by atoms with van der Waals surface area (Å²) in [6.07, 6.45) is 1.54. The number of aromatic nitrogens is 3. The third-order valence-corrected chi connectivity index (χ3v) is 4.42. The smallest absolute Gasteiger partial charge is 0.146 e. The summed E-state index contributed by atoms with van der Waals surface area (Å²) in [5.41, 5.74) is 12.6. The standard InChI is InChI=1S/C18H19N5/c1-10(2)23-14-8-20-11(3)12-6-4-5-7-13(12)15(14)16-17(19)21-9-22-18(16)23/h4-7,9-10,20H,3,8H2,1-2H3,(H2,19,21,22). The molecule has 1 aromatic carbocycles. The van der Waals surface area contributed by atoms with Gasteiger partial charge in [0.05, 0.1) is 11.9 Å². The molecule has 116 valence electrons. The van der Waals surface area contributed by atoms with Crippen molar-refractivity contribution in [3.8, 4) is 11.1 Å². The summed E-state index contributed by atoms with van der Waals surface area (Å²) in [6, 6.07) is 8.54. The molecule has 0 radical (unpaired) electrons. The quantitative estimate of drug-likeness (QED) is 0.723. The van der Waals surface area contributed by atoms with Gasteiger partial charge in [-0.3, -0.25) is 0 Å². The van der Waals surface area contributed by atoms with Gasteiger partial charge < -0.3 is 15.6 Å². The summed E-state index contributed by atoms with van der Waals surface area (Å²) in [5, 5.41) is 4.36. The molecule has 3 heterocycles. The lowest BCUT2D eigenvalue weighted by Crippen LogP contribution is -2.14. The molecule has 0 unspecified atom stereocenters. The molecule has 2 aromatic heterocycles. The Kier molecular flexibility index (Phi) is 2.91. The normalized spacial score (nSPS) is 13.6. The Bertz CT molecular complexity index is 936. The molecule has 0 saturated carbocycles. The Balaban J connectivity index is 2.21. The number of nitrogens with two attached hydrogens (primary N) is 1.